The van der Waals surface area contributed by atoms with Gasteiger partial charge in [-0.15, -0.1) is 0 Å². The van der Waals surface area contributed by atoms with E-state index in [-0.39, 0.29) is 4.38 Å². The van der Waals surface area contributed by atoms with E-state index in [1.165, 1.54) is 0 Å². The molecule has 0 amide bonds. The number of aromatic nitrogens is 1. The summed E-state index contributed by atoms with van der Waals surface area (Å²) in [5.41, 5.74) is 0.798. The number of hydrogen-bond acceptors (Lipinski definition) is 3. The van der Waals surface area contributed by atoms with Crippen molar-refractivity contribution >= 4 is 40.1 Å². The maximum atomic E-state index is 5.26. The van der Waals surface area contributed by atoms with Crippen molar-refractivity contribution in [2.24, 2.45) is 0 Å². The van der Waals surface area contributed by atoms with Crippen LogP contribution in [0.15, 0.2) is 36.5 Å². The third-order valence-electron chi connectivity index (χ3n) is 1.79. The fraction of sp³-hybridized carbons (Fsp3) is 0. The van der Waals surface area contributed by atoms with Crippen LogP contribution in [0, 0.1) is 0 Å². The normalized spacial score (nSPS) is 10.1. The highest BCUT2D eigenvalue weighted by Crippen LogP contribution is 2.23. The predicted molar refractivity (Wildman–Crippen MR) is 64.0 cm³/mol. The standard InChI is InChI=1S/C10H7NOS2/c13-10(14)12-8-5-1-3-7-4-2-6-11-9(7)8/h1-6H,(H,13,14). The molecule has 2 aromatic rings. The third-order valence-corrected chi connectivity index (χ3v) is 1.97. The molecule has 70 valence electrons. The van der Waals surface area contributed by atoms with E-state index in [4.69, 9.17) is 17.0 Å². The summed E-state index contributed by atoms with van der Waals surface area (Å²) >= 11 is 8.67. The highest BCUT2D eigenvalue weighted by molar-refractivity contribution is 8.10. The van der Waals surface area contributed by atoms with E-state index >= 15 is 0 Å². The third kappa shape index (κ3) is 1.86. The minimum atomic E-state index is 0.197. The van der Waals surface area contributed by atoms with Gasteiger partial charge < -0.3 is 4.74 Å². The van der Waals surface area contributed by atoms with Crippen LogP contribution in [-0.2, 0) is 0 Å². The molecule has 0 aliphatic rings. The SMILES string of the molecule is S=C(S)Oc1cccc2cccnc12. The lowest BCUT2D eigenvalue weighted by Crippen LogP contribution is -1.97. The highest BCUT2D eigenvalue weighted by Gasteiger charge is 2.02. The van der Waals surface area contributed by atoms with Gasteiger partial charge in [0.05, 0.1) is 0 Å². The van der Waals surface area contributed by atoms with Crippen molar-refractivity contribution in [3.8, 4) is 5.75 Å². The van der Waals surface area contributed by atoms with Crippen LogP contribution in [-0.4, -0.2) is 9.37 Å². The van der Waals surface area contributed by atoms with E-state index < -0.39 is 0 Å². The predicted octanol–water partition coefficient (Wildman–Crippen LogP) is 2.83. The number of thiol groups is 1. The molecule has 2 nitrogen and oxygen atoms in total. The second-order valence-electron chi connectivity index (χ2n) is 2.70. The summed E-state index contributed by atoms with van der Waals surface area (Å²) < 4.78 is 5.46. The molecule has 14 heavy (non-hydrogen) atoms. The molecule has 4 heteroatoms. The molecule has 2 rings (SSSR count). The quantitative estimate of drug-likeness (QED) is 0.591. The smallest absolute Gasteiger partial charge is 0.222 e. The van der Waals surface area contributed by atoms with Gasteiger partial charge in [0.25, 0.3) is 0 Å². The summed E-state index contributed by atoms with van der Waals surface area (Å²) in [5, 5.41) is 1.02. The zero-order valence-electron chi connectivity index (χ0n) is 7.18. The fourth-order valence-electron chi connectivity index (χ4n) is 1.25. The van der Waals surface area contributed by atoms with E-state index in [1.807, 2.05) is 30.3 Å². The lowest BCUT2D eigenvalue weighted by Gasteiger charge is -2.04. The molecule has 0 spiro atoms. The van der Waals surface area contributed by atoms with Crippen molar-refractivity contribution in [2.75, 3.05) is 0 Å². The molecule has 0 fully saturated rings. The maximum absolute atomic E-state index is 5.26. The Labute approximate surface area is 92.3 Å². The Morgan fingerprint density at radius 2 is 2.07 bits per heavy atom. The first kappa shape index (κ1) is 9.43. The number of rotatable bonds is 1. The first-order valence-electron chi connectivity index (χ1n) is 4.02. The second kappa shape index (κ2) is 3.94. The Kier molecular flexibility index (Phi) is 2.65. The summed E-state index contributed by atoms with van der Waals surface area (Å²) in [6.07, 6.45) is 1.72. The Balaban J connectivity index is 2.59. The molecule has 0 N–H and O–H groups in total. The number of ether oxygens (including phenoxy) is 1. The van der Waals surface area contributed by atoms with Gasteiger partial charge in [0.2, 0.25) is 4.38 Å². The van der Waals surface area contributed by atoms with E-state index in [1.54, 1.807) is 6.20 Å². The van der Waals surface area contributed by atoms with Gasteiger partial charge in [0, 0.05) is 11.6 Å². The van der Waals surface area contributed by atoms with Crippen molar-refractivity contribution in [3.63, 3.8) is 0 Å². The summed E-state index contributed by atoms with van der Waals surface area (Å²) in [6.45, 7) is 0. The fourth-order valence-corrected chi connectivity index (χ4v) is 1.44. The van der Waals surface area contributed by atoms with E-state index in [9.17, 15) is 0 Å². The summed E-state index contributed by atoms with van der Waals surface area (Å²) in [7, 11) is 0. The molecule has 0 saturated heterocycles. The molecule has 0 unspecified atom stereocenters. The van der Waals surface area contributed by atoms with Crippen LogP contribution in [0.5, 0.6) is 5.75 Å². The van der Waals surface area contributed by atoms with Crippen molar-refractivity contribution in [3.05, 3.63) is 36.5 Å². The van der Waals surface area contributed by atoms with Crippen LogP contribution >= 0.6 is 24.8 Å². The van der Waals surface area contributed by atoms with E-state index in [2.05, 4.69) is 17.6 Å². The van der Waals surface area contributed by atoms with Gasteiger partial charge >= 0.3 is 0 Å². The number of pyridine rings is 1. The molecular weight excluding hydrogens is 214 g/mol. The number of fused-ring (bicyclic) bond motifs is 1. The molecule has 0 aliphatic carbocycles. The molecule has 1 aromatic carbocycles. The average molecular weight is 221 g/mol. The first-order chi connectivity index (χ1) is 6.77. The van der Waals surface area contributed by atoms with Crippen LogP contribution in [0.25, 0.3) is 10.9 Å². The minimum Gasteiger partial charge on any atom is -0.438 e. The number of nitrogens with zero attached hydrogens (tertiary/aromatic N) is 1. The van der Waals surface area contributed by atoms with Crippen molar-refractivity contribution in [2.45, 2.75) is 0 Å². The van der Waals surface area contributed by atoms with Crippen LogP contribution in [0.3, 0.4) is 0 Å². The van der Waals surface area contributed by atoms with Crippen LogP contribution in [0.4, 0.5) is 0 Å². The molecule has 0 saturated carbocycles. The molecule has 0 bridgehead atoms. The monoisotopic (exact) mass is 221 g/mol. The van der Waals surface area contributed by atoms with Gasteiger partial charge in [-0.1, -0.05) is 30.8 Å². The topological polar surface area (TPSA) is 22.1 Å². The largest absolute Gasteiger partial charge is 0.438 e. The summed E-state index contributed by atoms with van der Waals surface area (Å²) in [5.74, 6) is 0.642. The van der Waals surface area contributed by atoms with Gasteiger partial charge in [0.1, 0.15) is 5.52 Å². The van der Waals surface area contributed by atoms with E-state index in [0.717, 1.165) is 10.9 Å². The van der Waals surface area contributed by atoms with Crippen molar-refractivity contribution in [1.29, 1.82) is 0 Å². The van der Waals surface area contributed by atoms with Crippen LogP contribution in [0.1, 0.15) is 0 Å². The molecule has 0 aliphatic heterocycles. The highest BCUT2D eigenvalue weighted by atomic mass is 32.1. The van der Waals surface area contributed by atoms with Gasteiger partial charge in [-0.2, -0.15) is 0 Å². The van der Waals surface area contributed by atoms with E-state index in [0.29, 0.717) is 5.75 Å². The van der Waals surface area contributed by atoms with Gasteiger partial charge in [-0.05, 0) is 24.4 Å². The number of hydrogen-bond donors (Lipinski definition) is 1. The molecule has 0 atom stereocenters. The van der Waals surface area contributed by atoms with Gasteiger partial charge in [-0.3, -0.25) is 4.98 Å². The number of para-hydroxylation sites is 1. The molecule has 1 aromatic heterocycles. The Morgan fingerprint density at radius 1 is 1.29 bits per heavy atom. The Hall–Kier alpha value is -1.13. The number of thiocarbonyl (C=S) groups is 1. The maximum Gasteiger partial charge on any atom is 0.222 e. The minimum absolute atomic E-state index is 0.197. The summed E-state index contributed by atoms with van der Waals surface area (Å²) in [4.78, 5) is 4.22. The zero-order valence-corrected chi connectivity index (χ0v) is 8.89. The van der Waals surface area contributed by atoms with Crippen molar-refractivity contribution < 1.29 is 4.74 Å². The van der Waals surface area contributed by atoms with Gasteiger partial charge in [-0.25, -0.2) is 0 Å². The second-order valence-corrected chi connectivity index (χ2v) is 3.78. The molecule has 0 radical (unpaired) electrons. The Morgan fingerprint density at radius 3 is 2.86 bits per heavy atom. The lowest BCUT2D eigenvalue weighted by molar-refractivity contribution is 0.585. The Bertz CT molecular complexity index is 479. The van der Waals surface area contributed by atoms with Crippen molar-refractivity contribution in [1.82, 2.24) is 4.98 Å². The van der Waals surface area contributed by atoms with Crippen LogP contribution in [0.2, 0.25) is 0 Å². The summed E-state index contributed by atoms with van der Waals surface area (Å²) in [6, 6.07) is 9.53. The van der Waals surface area contributed by atoms with Gasteiger partial charge in [0.15, 0.2) is 5.75 Å². The zero-order chi connectivity index (χ0) is 9.97. The average Bonchev–Trinajstić information content (AvgIpc) is 2.18. The first-order valence-corrected chi connectivity index (χ1v) is 4.87. The molecular formula is C10H7NOS2. The lowest BCUT2D eigenvalue weighted by atomic mass is 10.2. The number of benzene rings is 1. The van der Waals surface area contributed by atoms with Crippen LogP contribution < -0.4 is 4.74 Å². The molecule has 1 heterocycles.